The zero-order valence-electron chi connectivity index (χ0n) is 9.88. The van der Waals surface area contributed by atoms with Crippen LogP contribution in [0.2, 0.25) is 0 Å². The summed E-state index contributed by atoms with van der Waals surface area (Å²) in [5, 5.41) is 3.22. The molecule has 0 fully saturated rings. The van der Waals surface area contributed by atoms with Gasteiger partial charge < -0.3 is 0 Å². The maximum absolute atomic E-state index is 11.1. The van der Waals surface area contributed by atoms with Gasteiger partial charge in [-0.25, -0.2) is 0 Å². The lowest BCUT2D eigenvalue weighted by atomic mass is 10.2. The first-order valence-corrected chi connectivity index (χ1v) is 9.19. The molecule has 1 aliphatic rings. The Kier molecular flexibility index (Phi) is 5.29. The van der Waals surface area contributed by atoms with Crippen LogP contribution >= 0.6 is 47.0 Å². The topological polar surface area (TPSA) is 29.4 Å². The molecule has 0 radical (unpaired) electrons. The second kappa shape index (κ2) is 6.75. The molecule has 1 heterocycles. The minimum Gasteiger partial charge on any atom is -0.145 e. The van der Waals surface area contributed by atoms with Gasteiger partial charge in [0.15, 0.2) is 0 Å². The lowest BCUT2D eigenvalue weighted by Gasteiger charge is -2.02. The van der Waals surface area contributed by atoms with Gasteiger partial charge in [-0.15, -0.1) is 28.4 Å². The molecule has 0 saturated heterocycles. The number of hydrogen-bond acceptors (Lipinski definition) is 6. The maximum Gasteiger partial charge on any atom is 0.135 e. The first-order valence-electron chi connectivity index (χ1n) is 5.11. The molecule has 0 aliphatic carbocycles. The molecule has 18 heavy (non-hydrogen) atoms. The minimum atomic E-state index is 0.543. The average molecular weight is 313 g/mol. The highest BCUT2D eigenvalue weighted by Gasteiger charge is 2.24. The second-order valence-electron chi connectivity index (χ2n) is 3.28. The zero-order chi connectivity index (χ0) is 13.0. The fourth-order valence-corrected chi connectivity index (χ4v) is 6.41. The third-order valence-electron chi connectivity index (χ3n) is 2.24. The number of hydrogen-bond donors (Lipinski definition) is 0. The van der Waals surface area contributed by atoms with Crippen LogP contribution < -0.4 is 0 Å². The standard InChI is InChI=1S/C12H11NOS4/c1-15-11-12(16-2)18-10(17-11)9(13-14)8-6-4-3-5-7-8/h3-7H,1-2H3. The van der Waals surface area contributed by atoms with E-state index >= 15 is 0 Å². The van der Waals surface area contributed by atoms with Crippen LogP contribution in [0.1, 0.15) is 5.56 Å². The van der Waals surface area contributed by atoms with Gasteiger partial charge in [0, 0.05) is 5.56 Å². The summed E-state index contributed by atoms with van der Waals surface area (Å²) in [5.41, 5.74) is 1.42. The summed E-state index contributed by atoms with van der Waals surface area (Å²) in [7, 11) is 0. The molecule has 1 aliphatic heterocycles. The Balaban J connectivity index is 2.35. The van der Waals surface area contributed by atoms with Crippen LogP contribution in [0.15, 0.2) is 48.2 Å². The number of thioether (sulfide) groups is 4. The molecule has 0 unspecified atom stereocenters. The summed E-state index contributed by atoms with van der Waals surface area (Å²) >= 11 is 6.71. The lowest BCUT2D eigenvalue weighted by Crippen LogP contribution is -1.81. The van der Waals surface area contributed by atoms with Crippen LogP contribution in [-0.4, -0.2) is 12.5 Å². The van der Waals surface area contributed by atoms with Crippen molar-refractivity contribution in [2.45, 2.75) is 0 Å². The molecule has 2 rings (SSSR count). The lowest BCUT2D eigenvalue weighted by molar-refractivity contribution is 1.49. The predicted molar refractivity (Wildman–Crippen MR) is 88.4 cm³/mol. The van der Waals surface area contributed by atoms with Gasteiger partial charge in [-0.1, -0.05) is 53.9 Å². The van der Waals surface area contributed by atoms with Crippen molar-refractivity contribution in [3.05, 3.63) is 53.5 Å². The van der Waals surface area contributed by atoms with Crippen molar-refractivity contribution in [2.24, 2.45) is 5.18 Å². The normalized spacial score (nSPS) is 15.1. The quantitative estimate of drug-likeness (QED) is 0.693. The van der Waals surface area contributed by atoms with Crippen molar-refractivity contribution in [2.75, 3.05) is 12.5 Å². The first-order chi connectivity index (χ1) is 8.80. The van der Waals surface area contributed by atoms with Crippen molar-refractivity contribution in [3.8, 4) is 0 Å². The molecular weight excluding hydrogens is 302 g/mol. The van der Waals surface area contributed by atoms with Crippen LogP contribution in [-0.2, 0) is 0 Å². The highest BCUT2D eigenvalue weighted by Crippen LogP contribution is 2.58. The molecule has 0 atom stereocenters. The summed E-state index contributed by atoms with van der Waals surface area (Å²) in [6.07, 6.45) is 4.11. The molecule has 1 aromatic carbocycles. The minimum absolute atomic E-state index is 0.543. The fourth-order valence-electron chi connectivity index (χ4n) is 1.42. The highest BCUT2D eigenvalue weighted by atomic mass is 32.3. The number of benzene rings is 1. The Bertz CT molecular complexity index is 492. The van der Waals surface area contributed by atoms with Gasteiger partial charge in [-0.3, -0.25) is 0 Å². The van der Waals surface area contributed by atoms with E-state index in [9.17, 15) is 4.91 Å². The number of nitroso groups, excluding NO2 is 1. The Morgan fingerprint density at radius 3 is 2.06 bits per heavy atom. The van der Waals surface area contributed by atoms with E-state index in [1.807, 2.05) is 30.3 Å². The SMILES string of the molecule is CSC1=C(SC)SC(=C(N=O)c2ccccc2)S1. The number of nitrogens with zero attached hydrogens (tertiary/aromatic N) is 1. The molecular formula is C12H11NOS4. The van der Waals surface area contributed by atoms with Crippen molar-refractivity contribution in [1.29, 1.82) is 0 Å². The third-order valence-corrected chi connectivity index (χ3v) is 7.44. The molecule has 0 saturated carbocycles. The average Bonchev–Trinajstić information content (AvgIpc) is 2.84. The molecule has 2 nitrogen and oxygen atoms in total. The first kappa shape index (κ1) is 14.1. The Hall–Kier alpha value is -0.300. The largest absolute Gasteiger partial charge is 0.145 e. The highest BCUT2D eigenvalue weighted by molar-refractivity contribution is 8.40. The van der Waals surface area contributed by atoms with Crippen LogP contribution in [0.4, 0.5) is 0 Å². The molecule has 0 spiro atoms. The van der Waals surface area contributed by atoms with Crippen molar-refractivity contribution >= 4 is 52.7 Å². The van der Waals surface area contributed by atoms with Gasteiger partial charge in [-0.2, -0.15) is 0 Å². The zero-order valence-corrected chi connectivity index (χ0v) is 13.1. The second-order valence-corrected chi connectivity index (χ2v) is 7.73. The summed E-state index contributed by atoms with van der Waals surface area (Å²) in [4.78, 5) is 11.1. The van der Waals surface area contributed by atoms with Gasteiger partial charge in [0.25, 0.3) is 0 Å². The van der Waals surface area contributed by atoms with E-state index in [0.717, 1.165) is 9.80 Å². The van der Waals surface area contributed by atoms with Gasteiger partial charge in [0.2, 0.25) is 0 Å². The molecule has 0 N–H and O–H groups in total. The van der Waals surface area contributed by atoms with E-state index in [0.29, 0.717) is 5.70 Å². The van der Waals surface area contributed by atoms with E-state index in [1.165, 1.54) is 8.47 Å². The monoisotopic (exact) mass is 313 g/mol. The molecule has 0 bridgehead atoms. The van der Waals surface area contributed by atoms with E-state index in [1.54, 1.807) is 47.0 Å². The predicted octanol–water partition coefficient (Wildman–Crippen LogP) is 5.41. The molecule has 1 aromatic rings. The van der Waals surface area contributed by atoms with E-state index in [4.69, 9.17) is 0 Å². The van der Waals surface area contributed by atoms with Gasteiger partial charge in [-0.05, 0) is 17.7 Å². The molecule has 6 heteroatoms. The van der Waals surface area contributed by atoms with E-state index in [-0.39, 0.29) is 0 Å². The van der Waals surface area contributed by atoms with Crippen LogP contribution in [0.5, 0.6) is 0 Å². The summed E-state index contributed by atoms with van der Waals surface area (Å²) in [6, 6.07) is 9.61. The van der Waals surface area contributed by atoms with E-state index in [2.05, 4.69) is 17.7 Å². The summed E-state index contributed by atoms with van der Waals surface area (Å²) < 4.78 is 3.48. The smallest absolute Gasteiger partial charge is 0.135 e. The van der Waals surface area contributed by atoms with Crippen LogP contribution in [0.25, 0.3) is 5.70 Å². The van der Waals surface area contributed by atoms with Crippen molar-refractivity contribution in [1.82, 2.24) is 0 Å². The summed E-state index contributed by atoms with van der Waals surface area (Å²) in [5.74, 6) is 0. The Labute approximate surface area is 123 Å². The van der Waals surface area contributed by atoms with Crippen LogP contribution in [0, 0.1) is 4.91 Å². The molecule has 0 aromatic heterocycles. The Morgan fingerprint density at radius 2 is 1.61 bits per heavy atom. The van der Waals surface area contributed by atoms with Gasteiger partial charge >= 0.3 is 0 Å². The van der Waals surface area contributed by atoms with Gasteiger partial charge in [0.05, 0.1) is 12.7 Å². The van der Waals surface area contributed by atoms with Crippen LogP contribution in [0.3, 0.4) is 0 Å². The third kappa shape index (κ3) is 2.99. The fraction of sp³-hybridized carbons (Fsp3) is 0.167. The maximum atomic E-state index is 11.1. The van der Waals surface area contributed by atoms with Gasteiger partial charge in [0.1, 0.15) is 5.70 Å². The Morgan fingerprint density at radius 1 is 1.06 bits per heavy atom. The van der Waals surface area contributed by atoms with Crippen molar-refractivity contribution < 1.29 is 0 Å². The number of rotatable bonds is 4. The molecule has 0 amide bonds. The summed E-state index contributed by atoms with van der Waals surface area (Å²) in [6.45, 7) is 0. The molecule has 94 valence electrons. The van der Waals surface area contributed by atoms with E-state index < -0.39 is 0 Å². The van der Waals surface area contributed by atoms with Crippen molar-refractivity contribution in [3.63, 3.8) is 0 Å².